The summed E-state index contributed by atoms with van der Waals surface area (Å²) >= 11 is 6.02. The first kappa shape index (κ1) is 20.1. The lowest BCUT2D eigenvalue weighted by molar-refractivity contribution is 0.0945. The zero-order chi connectivity index (χ0) is 18.1. The first-order valence-corrected chi connectivity index (χ1v) is 8.20. The predicted octanol–water partition coefficient (Wildman–Crippen LogP) is 2.22. The number of amides is 1. The second-order valence-corrected chi connectivity index (χ2v) is 5.68. The summed E-state index contributed by atoms with van der Waals surface area (Å²) in [5.74, 6) is -0.00196. The Balaban J connectivity index is 2.83. The second-order valence-electron chi connectivity index (χ2n) is 5.28. The zero-order valence-electron chi connectivity index (χ0n) is 14.3. The van der Waals surface area contributed by atoms with E-state index in [1.54, 1.807) is 6.92 Å². The third kappa shape index (κ3) is 5.90. The molecule has 4 N–H and O–H groups in total. The average molecular weight is 357 g/mol. The number of ether oxygens (including phenoxy) is 1. The van der Waals surface area contributed by atoms with Crippen LogP contribution in [0.3, 0.4) is 0 Å². The van der Waals surface area contributed by atoms with E-state index in [4.69, 9.17) is 27.3 Å². The van der Waals surface area contributed by atoms with Gasteiger partial charge in [-0.3, -0.25) is 4.79 Å². The minimum atomic E-state index is -0.294. The van der Waals surface area contributed by atoms with Crippen molar-refractivity contribution in [1.82, 2.24) is 10.2 Å². The van der Waals surface area contributed by atoms with Crippen molar-refractivity contribution in [1.29, 1.82) is 0 Å². The molecule has 1 amide bonds. The minimum Gasteiger partial charge on any atom is -0.487 e. The number of anilines is 1. The van der Waals surface area contributed by atoms with Gasteiger partial charge in [0, 0.05) is 19.2 Å². The van der Waals surface area contributed by atoms with Crippen LogP contribution in [0.25, 0.3) is 0 Å². The predicted molar refractivity (Wildman–Crippen MR) is 96.4 cm³/mol. The Morgan fingerprint density at radius 3 is 2.67 bits per heavy atom. The van der Waals surface area contributed by atoms with Gasteiger partial charge in [-0.15, -0.1) is 0 Å². The number of likely N-dealkylation sites (N-methyl/N-ethyl adjacent to an activating group) is 1. The molecule has 24 heavy (non-hydrogen) atoms. The van der Waals surface area contributed by atoms with E-state index in [0.29, 0.717) is 29.3 Å². The summed E-state index contributed by atoms with van der Waals surface area (Å²) in [7, 11) is 0. The van der Waals surface area contributed by atoms with E-state index >= 15 is 0 Å². The number of carbonyl (C=O) groups is 1. The molecule has 0 saturated carbocycles. The standard InChI is InChI=1S/C16H25ClN4O3/c1-4-21(5-2)7-6-19-16(22)12-8-13(17)14(18)9-15(12)24-10-11(3)20-23/h8-9,23H,4-7,10,18H2,1-3H3,(H,19,22). The lowest BCUT2D eigenvalue weighted by Gasteiger charge is -2.18. The Morgan fingerprint density at radius 2 is 2.08 bits per heavy atom. The van der Waals surface area contributed by atoms with Crippen molar-refractivity contribution in [2.75, 3.05) is 38.5 Å². The van der Waals surface area contributed by atoms with Crippen LogP contribution in [0.2, 0.25) is 5.02 Å². The highest BCUT2D eigenvalue weighted by Crippen LogP contribution is 2.29. The van der Waals surface area contributed by atoms with Crippen LogP contribution in [-0.4, -0.2) is 54.5 Å². The Morgan fingerprint density at radius 1 is 1.42 bits per heavy atom. The molecule has 0 aliphatic rings. The number of hydrogen-bond donors (Lipinski definition) is 3. The molecule has 0 unspecified atom stereocenters. The number of nitrogens with zero attached hydrogens (tertiary/aromatic N) is 2. The maximum Gasteiger partial charge on any atom is 0.255 e. The molecule has 0 atom stereocenters. The van der Waals surface area contributed by atoms with Gasteiger partial charge < -0.3 is 25.9 Å². The van der Waals surface area contributed by atoms with Crippen LogP contribution < -0.4 is 15.8 Å². The first-order chi connectivity index (χ1) is 11.4. The molecule has 0 aliphatic heterocycles. The van der Waals surface area contributed by atoms with Crippen LogP contribution in [0.1, 0.15) is 31.1 Å². The Bertz CT molecular complexity index is 589. The van der Waals surface area contributed by atoms with Gasteiger partial charge in [0.05, 0.1) is 22.0 Å². The maximum atomic E-state index is 12.4. The van der Waals surface area contributed by atoms with Gasteiger partial charge in [0.2, 0.25) is 0 Å². The van der Waals surface area contributed by atoms with E-state index in [1.165, 1.54) is 12.1 Å². The SMILES string of the molecule is CCN(CC)CCNC(=O)c1cc(Cl)c(N)cc1OCC(C)=NO. The summed E-state index contributed by atoms with van der Waals surface area (Å²) in [5, 5.41) is 14.8. The number of hydrogen-bond acceptors (Lipinski definition) is 6. The Kier molecular flexibility index (Phi) is 8.35. The van der Waals surface area contributed by atoms with Crippen molar-refractivity contribution in [3.05, 3.63) is 22.7 Å². The fourth-order valence-electron chi connectivity index (χ4n) is 2.04. The quantitative estimate of drug-likeness (QED) is 0.272. The van der Waals surface area contributed by atoms with E-state index in [-0.39, 0.29) is 17.5 Å². The number of rotatable bonds is 9. The molecule has 0 spiro atoms. The van der Waals surface area contributed by atoms with Crippen molar-refractivity contribution in [2.45, 2.75) is 20.8 Å². The molecule has 8 heteroatoms. The normalized spacial score (nSPS) is 11.6. The molecule has 0 saturated heterocycles. The number of nitrogens with two attached hydrogens (primary N) is 1. The minimum absolute atomic E-state index is 0.0390. The van der Waals surface area contributed by atoms with E-state index in [9.17, 15) is 4.79 Å². The van der Waals surface area contributed by atoms with Gasteiger partial charge >= 0.3 is 0 Å². The summed E-state index contributed by atoms with van der Waals surface area (Å²) < 4.78 is 5.52. The fourth-order valence-corrected chi connectivity index (χ4v) is 2.20. The molecular weight excluding hydrogens is 332 g/mol. The number of carbonyl (C=O) groups excluding carboxylic acids is 1. The van der Waals surface area contributed by atoms with Crippen molar-refractivity contribution in [2.24, 2.45) is 5.16 Å². The fraction of sp³-hybridized carbons (Fsp3) is 0.500. The largest absolute Gasteiger partial charge is 0.487 e. The Labute approximate surface area is 147 Å². The number of nitrogen functional groups attached to an aromatic ring is 1. The molecule has 1 aromatic rings. The van der Waals surface area contributed by atoms with Crippen LogP contribution in [0.15, 0.2) is 17.3 Å². The van der Waals surface area contributed by atoms with E-state index in [2.05, 4.69) is 29.2 Å². The van der Waals surface area contributed by atoms with E-state index in [1.807, 2.05) is 0 Å². The molecular formula is C16H25ClN4O3. The van der Waals surface area contributed by atoms with Gasteiger partial charge in [0.15, 0.2) is 0 Å². The number of oxime groups is 1. The molecule has 0 heterocycles. The lowest BCUT2D eigenvalue weighted by atomic mass is 10.1. The van der Waals surface area contributed by atoms with Crippen molar-refractivity contribution >= 4 is 28.9 Å². The molecule has 0 radical (unpaired) electrons. The molecule has 134 valence electrons. The second kappa shape index (κ2) is 10.00. The van der Waals surface area contributed by atoms with Crippen molar-refractivity contribution in [3.8, 4) is 5.75 Å². The van der Waals surface area contributed by atoms with Crippen LogP contribution in [0, 0.1) is 0 Å². The molecule has 7 nitrogen and oxygen atoms in total. The summed E-state index contributed by atoms with van der Waals surface area (Å²) in [4.78, 5) is 14.6. The summed E-state index contributed by atoms with van der Waals surface area (Å²) in [6, 6.07) is 2.97. The molecule has 0 aliphatic carbocycles. The monoisotopic (exact) mass is 356 g/mol. The van der Waals surface area contributed by atoms with Crippen molar-refractivity contribution < 1.29 is 14.7 Å². The molecule has 1 aromatic carbocycles. The number of halogens is 1. The van der Waals surface area contributed by atoms with Gasteiger partial charge in [0.1, 0.15) is 12.4 Å². The van der Waals surface area contributed by atoms with Gasteiger partial charge in [-0.25, -0.2) is 0 Å². The van der Waals surface area contributed by atoms with Crippen LogP contribution in [0.5, 0.6) is 5.75 Å². The highest BCUT2D eigenvalue weighted by molar-refractivity contribution is 6.33. The number of nitrogens with one attached hydrogen (secondary N) is 1. The smallest absolute Gasteiger partial charge is 0.255 e. The highest BCUT2D eigenvalue weighted by atomic mass is 35.5. The third-order valence-corrected chi connectivity index (χ3v) is 3.89. The van der Waals surface area contributed by atoms with Crippen LogP contribution in [-0.2, 0) is 0 Å². The number of benzene rings is 1. The molecule has 0 bridgehead atoms. The van der Waals surface area contributed by atoms with Gasteiger partial charge in [-0.2, -0.15) is 0 Å². The summed E-state index contributed by atoms with van der Waals surface area (Å²) in [5.41, 5.74) is 6.75. The maximum absolute atomic E-state index is 12.4. The zero-order valence-corrected chi connectivity index (χ0v) is 15.1. The van der Waals surface area contributed by atoms with Crippen molar-refractivity contribution in [3.63, 3.8) is 0 Å². The lowest BCUT2D eigenvalue weighted by Crippen LogP contribution is -2.35. The highest BCUT2D eigenvalue weighted by Gasteiger charge is 2.16. The third-order valence-electron chi connectivity index (χ3n) is 3.56. The topological polar surface area (TPSA) is 100 Å². The summed E-state index contributed by atoms with van der Waals surface area (Å²) in [6.45, 7) is 8.90. The van der Waals surface area contributed by atoms with E-state index in [0.717, 1.165) is 19.6 Å². The molecule has 0 fully saturated rings. The first-order valence-electron chi connectivity index (χ1n) is 7.82. The average Bonchev–Trinajstić information content (AvgIpc) is 2.58. The molecule has 1 rings (SSSR count). The molecule has 0 aromatic heterocycles. The van der Waals surface area contributed by atoms with Crippen LogP contribution >= 0.6 is 11.6 Å². The Hall–Kier alpha value is -1.99. The van der Waals surface area contributed by atoms with E-state index < -0.39 is 0 Å². The van der Waals surface area contributed by atoms with Crippen LogP contribution in [0.4, 0.5) is 5.69 Å². The summed E-state index contributed by atoms with van der Waals surface area (Å²) in [6.07, 6.45) is 0. The van der Waals surface area contributed by atoms with Gasteiger partial charge in [0.25, 0.3) is 5.91 Å². The van der Waals surface area contributed by atoms with Gasteiger partial charge in [-0.05, 0) is 26.1 Å². The van der Waals surface area contributed by atoms with Gasteiger partial charge in [-0.1, -0.05) is 30.6 Å².